The van der Waals surface area contributed by atoms with Crippen molar-refractivity contribution in [2.24, 2.45) is 5.92 Å². The van der Waals surface area contributed by atoms with Crippen LogP contribution in [0.5, 0.6) is 0 Å². The van der Waals surface area contributed by atoms with Crippen molar-refractivity contribution in [3.05, 3.63) is 46.1 Å². The van der Waals surface area contributed by atoms with Gasteiger partial charge in [-0.25, -0.2) is 9.59 Å². The summed E-state index contributed by atoms with van der Waals surface area (Å²) < 4.78 is 10.2. The number of piperidine rings is 1. The molecular formula is C21H26ClN3O5. The van der Waals surface area contributed by atoms with Gasteiger partial charge in [-0.15, -0.1) is 0 Å². The number of esters is 2. The SMILES string of the molecule is CCOC(=O)[C@H]1CCCN(CC2=C(C(=O)OC)[C@@H](c3ccccc3Cl)NC(=O)N2)C1. The molecule has 0 saturated carbocycles. The Bertz CT molecular complexity index is 857. The topological polar surface area (TPSA) is 97.0 Å². The molecule has 2 aliphatic heterocycles. The van der Waals surface area contributed by atoms with Crippen LogP contribution in [-0.4, -0.2) is 56.2 Å². The van der Waals surface area contributed by atoms with Gasteiger partial charge >= 0.3 is 18.0 Å². The predicted octanol–water partition coefficient (Wildman–Crippen LogP) is 2.40. The molecule has 2 aliphatic rings. The molecule has 3 rings (SSSR count). The number of rotatable bonds is 6. The normalized spacial score (nSPS) is 22.2. The maximum absolute atomic E-state index is 12.7. The van der Waals surface area contributed by atoms with Crippen molar-refractivity contribution in [1.82, 2.24) is 15.5 Å². The number of amides is 2. The van der Waals surface area contributed by atoms with Crippen molar-refractivity contribution in [2.75, 3.05) is 33.4 Å². The second-order valence-electron chi connectivity index (χ2n) is 7.26. The lowest BCUT2D eigenvalue weighted by molar-refractivity contribution is -0.150. The van der Waals surface area contributed by atoms with E-state index in [0.717, 1.165) is 19.4 Å². The third kappa shape index (κ3) is 4.94. The maximum Gasteiger partial charge on any atom is 0.338 e. The number of urea groups is 1. The minimum absolute atomic E-state index is 0.215. The zero-order valence-electron chi connectivity index (χ0n) is 17.1. The first-order valence-electron chi connectivity index (χ1n) is 9.96. The third-order valence-corrected chi connectivity index (χ3v) is 5.63. The summed E-state index contributed by atoms with van der Waals surface area (Å²) in [5.41, 5.74) is 1.35. The molecule has 8 nitrogen and oxygen atoms in total. The number of ether oxygens (including phenoxy) is 2. The van der Waals surface area contributed by atoms with E-state index >= 15 is 0 Å². The summed E-state index contributed by atoms with van der Waals surface area (Å²) in [6, 6.07) is 5.87. The lowest BCUT2D eigenvalue weighted by atomic mass is 9.94. The molecule has 1 aromatic rings. The van der Waals surface area contributed by atoms with Gasteiger partial charge in [-0.3, -0.25) is 9.69 Å². The van der Waals surface area contributed by atoms with E-state index in [1.54, 1.807) is 31.2 Å². The van der Waals surface area contributed by atoms with Gasteiger partial charge in [-0.05, 0) is 37.9 Å². The highest BCUT2D eigenvalue weighted by Gasteiger charge is 2.36. The van der Waals surface area contributed by atoms with Crippen molar-refractivity contribution in [3.8, 4) is 0 Å². The lowest BCUT2D eigenvalue weighted by Gasteiger charge is -2.35. The van der Waals surface area contributed by atoms with Crippen molar-refractivity contribution < 1.29 is 23.9 Å². The molecule has 0 aromatic heterocycles. The average molecular weight is 436 g/mol. The molecule has 1 saturated heterocycles. The number of carbonyl (C=O) groups is 3. The summed E-state index contributed by atoms with van der Waals surface area (Å²) in [7, 11) is 1.30. The highest BCUT2D eigenvalue weighted by molar-refractivity contribution is 6.31. The zero-order chi connectivity index (χ0) is 21.7. The number of carbonyl (C=O) groups excluding carboxylic acids is 3. The Morgan fingerprint density at radius 2 is 2.07 bits per heavy atom. The van der Waals surface area contributed by atoms with E-state index < -0.39 is 18.0 Å². The van der Waals surface area contributed by atoms with Gasteiger partial charge in [-0.2, -0.15) is 0 Å². The summed E-state index contributed by atoms with van der Waals surface area (Å²) in [5.74, 6) is -0.994. The number of nitrogens with zero attached hydrogens (tertiary/aromatic N) is 1. The maximum atomic E-state index is 12.7. The van der Waals surface area contributed by atoms with E-state index in [2.05, 4.69) is 10.6 Å². The van der Waals surface area contributed by atoms with Crippen LogP contribution in [0.4, 0.5) is 4.79 Å². The summed E-state index contributed by atoms with van der Waals surface area (Å²) in [5, 5.41) is 5.95. The van der Waals surface area contributed by atoms with Crippen LogP contribution in [-0.2, 0) is 19.1 Å². The van der Waals surface area contributed by atoms with Crippen LogP contribution in [0.1, 0.15) is 31.4 Å². The van der Waals surface area contributed by atoms with Crippen LogP contribution >= 0.6 is 11.6 Å². The van der Waals surface area contributed by atoms with Crippen molar-refractivity contribution in [1.29, 1.82) is 0 Å². The summed E-state index contributed by atoms with van der Waals surface area (Å²) in [4.78, 5) is 39.2. The van der Waals surface area contributed by atoms with Gasteiger partial charge in [0.25, 0.3) is 0 Å². The van der Waals surface area contributed by atoms with Gasteiger partial charge in [-0.1, -0.05) is 29.8 Å². The first-order chi connectivity index (χ1) is 14.4. The van der Waals surface area contributed by atoms with Gasteiger partial charge in [0, 0.05) is 23.8 Å². The van der Waals surface area contributed by atoms with Gasteiger partial charge in [0.05, 0.1) is 31.2 Å². The zero-order valence-corrected chi connectivity index (χ0v) is 17.8. The molecule has 2 atom stereocenters. The number of likely N-dealkylation sites (tertiary alicyclic amines) is 1. The second-order valence-corrected chi connectivity index (χ2v) is 7.67. The number of hydrogen-bond acceptors (Lipinski definition) is 6. The Balaban J connectivity index is 1.90. The quantitative estimate of drug-likeness (QED) is 0.666. The van der Waals surface area contributed by atoms with Crippen LogP contribution in [0.15, 0.2) is 35.5 Å². The first-order valence-corrected chi connectivity index (χ1v) is 10.3. The highest BCUT2D eigenvalue weighted by atomic mass is 35.5. The number of benzene rings is 1. The van der Waals surface area contributed by atoms with Crippen molar-refractivity contribution in [2.45, 2.75) is 25.8 Å². The molecule has 1 aromatic carbocycles. The molecule has 1 fully saturated rings. The van der Waals surface area contributed by atoms with Gasteiger partial charge in [0.15, 0.2) is 0 Å². The summed E-state index contributed by atoms with van der Waals surface area (Å²) >= 11 is 6.33. The van der Waals surface area contributed by atoms with E-state index in [9.17, 15) is 14.4 Å². The van der Waals surface area contributed by atoms with Gasteiger partial charge < -0.3 is 20.1 Å². The summed E-state index contributed by atoms with van der Waals surface area (Å²) in [6.45, 7) is 3.67. The van der Waals surface area contributed by atoms with Crippen LogP contribution in [0, 0.1) is 5.92 Å². The molecule has 0 bridgehead atoms. The Morgan fingerprint density at radius 3 is 2.77 bits per heavy atom. The molecule has 0 radical (unpaired) electrons. The molecule has 162 valence electrons. The molecule has 2 heterocycles. The molecule has 30 heavy (non-hydrogen) atoms. The Hall–Kier alpha value is -2.58. The van der Waals surface area contributed by atoms with Crippen molar-refractivity contribution in [3.63, 3.8) is 0 Å². The standard InChI is InChI=1S/C21H26ClN3O5/c1-3-30-19(26)13-7-6-10-25(11-13)12-16-17(20(27)29-2)18(24-21(28)23-16)14-8-4-5-9-15(14)22/h4-5,8-9,13,18H,3,6-7,10-12H2,1-2H3,(H2,23,24,28)/t13-,18+/m0/s1. The molecule has 0 aliphatic carbocycles. The average Bonchev–Trinajstić information content (AvgIpc) is 2.73. The number of hydrogen-bond donors (Lipinski definition) is 2. The first kappa shape index (κ1) is 22.1. The minimum atomic E-state index is -0.736. The third-order valence-electron chi connectivity index (χ3n) is 5.28. The van der Waals surface area contributed by atoms with Crippen LogP contribution in [0.25, 0.3) is 0 Å². The largest absolute Gasteiger partial charge is 0.466 e. The molecule has 2 amide bonds. The fraction of sp³-hybridized carbons (Fsp3) is 0.476. The fourth-order valence-corrected chi connectivity index (χ4v) is 4.16. The molecule has 0 spiro atoms. The van der Waals surface area contributed by atoms with Crippen molar-refractivity contribution >= 4 is 29.6 Å². The van der Waals surface area contributed by atoms with Gasteiger partial charge in [0.1, 0.15) is 0 Å². The Kier molecular flexibility index (Phi) is 7.33. The highest BCUT2D eigenvalue weighted by Crippen LogP contribution is 2.32. The molecule has 2 N–H and O–H groups in total. The lowest BCUT2D eigenvalue weighted by Crippen LogP contribution is -2.50. The minimum Gasteiger partial charge on any atom is -0.466 e. The number of nitrogens with one attached hydrogen (secondary N) is 2. The van der Waals surface area contributed by atoms with E-state index in [1.807, 2.05) is 4.90 Å². The smallest absolute Gasteiger partial charge is 0.338 e. The van der Waals surface area contributed by atoms with Crippen LogP contribution in [0.3, 0.4) is 0 Å². The molecule has 0 unspecified atom stereocenters. The summed E-state index contributed by atoms with van der Waals surface area (Å²) in [6.07, 6.45) is 1.58. The van der Waals surface area contributed by atoms with E-state index in [0.29, 0.717) is 41.6 Å². The number of methoxy groups -OCH3 is 1. The fourth-order valence-electron chi connectivity index (χ4n) is 3.91. The van der Waals surface area contributed by atoms with Gasteiger partial charge in [0.2, 0.25) is 0 Å². The van der Waals surface area contributed by atoms with E-state index in [4.69, 9.17) is 21.1 Å². The molecular weight excluding hydrogens is 410 g/mol. The van der Waals surface area contributed by atoms with E-state index in [1.165, 1.54) is 7.11 Å². The Morgan fingerprint density at radius 1 is 1.30 bits per heavy atom. The second kappa shape index (κ2) is 9.95. The molecule has 9 heteroatoms. The van der Waals surface area contributed by atoms with Crippen LogP contribution < -0.4 is 10.6 Å². The number of halogens is 1. The van der Waals surface area contributed by atoms with Crippen LogP contribution in [0.2, 0.25) is 5.02 Å². The Labute approximate surface area is 180 Å². The monoisotopic (exact) mass is 435 g/mol. The van der Waals surface area contributed by atoms with E-state index in [-0.39, 0.29) is 11.9 Å². The predicted molar refractivity (Wildman–Crippen MR) is 111 cm³/mol.